The lowest BCUT2D eigenvalue weighted by Crippen LogP contribution is -2.57. The van der Waals surface area contributed by atoms with Crippen molar-refractivity contribution in [2.24, 2.45) is 11.1 Å². The molecule has 2 atom stereocenters. The molecular weight excluding hydrogens is 250 g/mol. The third-order valence-corrected chi connectivity index (χ3v) is 5.59. The largest absolute Gasteiger partial charge is 0.340 e. The van der Waals surface area contributed by atoms with Gasteiger partial charge in [0, 0.05) is 31.6 Å². The van der Waals surface area contributed by atoms with Crippen LogP contribution in [0.1, 0.15) is 52.4 Å². The third kappa shape index (κ3) is 3.34. The number of piperazine rings is 1. The van der Waals surface area contributed by atoms with Gasteiger partial charge in [-0.3, -0.25) is 9.69 Å². The minimum absolute atomic E-state index is 0.0885. The smallest absolute Gasteiger partial charge is 0.223 e. The molecule has 2 fully saturated rings. The van der Waals surface area contributed by atoms with E-state index in [1.54, 1.807) is 0 Å². The van der Waals surface area contributed by atoms with Crippen LogP contribution in [-0.4, -0.2) is 54.5 Å². The van der Waals surface area contributed by atoms with E-state index in [4.69, 9.17) is 5.73 Å². The Balaban J connectivity index is 1.97. The molecule has 2 aliphatic rings. The van der Waals surface area contributed by atoms with Gasteiger partial charge < -0.3 is 10.6 Å². The molecule has 20 heavy (non-hydrogen) atoms. The lowest BCUT2D eigenvalue weighted by Gasteiger charge is -2.44. The van der Waals surface area contributed by atoms with E-state index in [0.29, 0.717) is 31.0 Å². The summed E-state index contributed by atoms with van der Waals surface area (Å²) >= 11 is 0. The second-order valence-corrected chi connectivity index (χ2v) is 7.10. The van der Waals surface area contributed by atoms with Gasteiger partial charge in [-0.2, -0.15) is 0 Å². The highest BCUT2D eigenvalue weighted by molar-refractivity contribution is 5.77. The molecule has 1 saturated heterocycles. The van der Waals surface area contributed by atoms with Crippen molar-refractivity contribution in [1.29, 1.82) is 0 Å². The van der Waals surface area contributed by atoms with Crippen LogP contribution in [-0.2, 0) is 4.79 Å². The van der Waals surface area contributed by atoms with Crippen molar-refractivity contribution >= 4 is 5.91 Å². The lowest BCUT2D eigenvalue weighted by molar-refractivity contribution is -0.138. The average molecular weight is 281 g/mol. The van der Waals surface area contributed by atoms with Crippen molar-refractivity contribution < 1.29 is 4.79 Å². The van der Waals surface area contributed by atoms with Gasteiger partial charge in [-0.25, -0.2) is 0 Å². The van der Waals surface area contributed by atoms with Crippen molar-refractivity contribution in [3.05, 3.63) is 0 Å². The molecule has 4 heteroatoms. The van der Waals surface area contributed by atoms with E-state index in [9.17, 15) is 4.79 Å². The normalized spacial score (nSPS) is 31.3. The molecule has 4 nitrogen and oxygen atoms in total. The van der Waals surface area contributed by atoms with Gasteiger partial charge in [0.05, 0.1) is 0 Å². The zero-order chi connectivity index (χ0) is 14.8. The van der Waals surface area contributed by atoms with E-state index in [1.165, 1.54) is 19.3 Å². The zero-order valence-corrected chi connectivity index (χ0v) is 13.4. The molecule has 0 spiro atoms. The molecular formula is C16H31N3O. The molecule has 116 valence electrons. The van der Waals surface area contributed by atoms with Crippen LogP contribution in [0.5, 0.6) is 0 Å². The summed E-state index contributed by atoms with van der Waals surface area (Å²) < 4.78 is 0. The average Bonchev–Trinajstić information content (AvgIpc) is 2.45. The summed E-state index contributed by atoms with van der Waals surface area (Å²) in [5.41, 5.74) is 6.10. The first-order valence-corrected chi connectivity index (χ1v) is 8.17. The van der Waals surface area contributed by atoms with Crippen molar-refractivity contribution in [1.82, 2.24) is 9.80 Å². The molecule has 0 aromatic carbocycles. The van der Waals surface area contributed by atoms with Crippen molar-refractivity contribution in [2.75, 3.05) is 26.7 Å². The van der Waals surface area contributed by atoms with Gasteiger partial charge in [-0.05, 0) is 45.7 Å². The Bertz CT molecular complexity index is 327. The van der Waals surface area contributed by atoms with Crippen LogP contribution in [0.3, 0.4) is 0 Å². The molecule has 0 bridgehead atoms. The second-order valence-electron chi connectivity index (χ2n) is 7.10. The molecule has 1 saturated carbocycles. The molecule has 2 N–H and O–H groups in total. The van der Waals surface area contributed by atoms with E-state index in [1.807, 2.05) is 0 Å². The fraction of sp³-hybridized carbons (Fsp3) is 0.938. The Hall–Kier alpha value is -0.610. The molecule has 2 unspecified atom stereocenters. The number of nitrogens with two attached hydrogens (primary N) is 1. The molecule has 1 heterocycles. The van der Waals surface area contributed by atoms with E-state index in [0.717, 1.165) is 25.9 Å². The minimum atomic E-state index is 0.0885. The Kier molecular flexibility index (Phi) is 5.08. The Morgan fingerprint density at radius 1 is 1.15 bits per heavy atom. The van der Waals surface area contributed by atoms with Gasteiger partial charge in [0.1, 0.15) is 0 Å². The lowest BCUT2D eigenvalue weighted by atomic mass is 9.71. The van der Waals surface area contributed by atoms with Gasteiger partial charge in [0.2, 0.25) is 5.91 Å². The van der Waals surface area contributed by atoms with E-state index < -0.39 is 0 Å². The van der Waals surface area contributed by atoms with Crippen LogP contribution < -0.4 is 5.73 Å². The number of amides is 1. The Morgan fingerprint density at radius 3 is 2.20 bits per heavy atom. The van der Waals surface area contributed by atoms with Gasteiger partial charge >= 0.3 is 0 Å². The molecule has 1 aliphatic heterocycles. The summed E-state index contributed by atoms with van der Waals surface area (Å²) in [5, 5.41) is 0. The van der Waals surface area contributed by atoms with Crippen LogP contribution in [0.25, 0.3) is 0 Å². The summed E-state index contributed by atoms with van der Waals surface area (Å²) in [6.45, 7) is 6.79. The van der Waals surface area contributed by atoms with Crippen molar-refractivity contribution in [3.8, 4) is 0 Å². The number of carbonyl (C=O) groups is 1. The summed E-state index contributed by atoms with van der Waals surface area (Å²) in [6, 6.07) is 0.894. The molecule has 2 rings (SSSR count). The maximum atomic E-state index is 12.7. The van der Waals surface area contributed by atoms with Crippen LogP contribution in [0, 0.1) is 5.41 Å². The Morgan fingerprint density at radius 2 is 1.70 bits per heavy atom. The number of likely N-dealkylation sites (N-methyl/N-ethyl adjacent to an activating group) is 1. The second kappa shape index (κ2) is 6.44. The fourth-order valence-corrected chi connectivity index (χ4v) is 3.80. The highest BCUT2D eigenvalue weighted by atomic mass is 16.2. The third-order valence-electron chi connectivity index (χ3n) is 5.59. The number of carbonyl (C=O) groups excluding carboxylic acids is 1. The maximum Gasteiger partial charge on any atom is 0.223 e. The first-order valence-electron chi connectivity index (χ1n) is 8.17. The zero-order valence-electron chi connectivity index (χ0n) is 13.4. The predicted molar refractivity (Wildman–Crippen MR) is 82.5 cm³/mol. The summed E-state index contributed by atoms with van der Waals surface area (Å²) in [7, 11) is 2.15. The SMILES string of the molecule is CC1CN(C(=O)CC2(CN)CCCCC2)CC(C)N1C. The van der Waals surface area contributed by atoms with Crippen LogP contribution >= 0.6 is 0 Å². The van der Waals surface area contributed by atoms with Crippen LogP contribution in [0.4, 0.5) is 0 Å². The monoisotopic (exact) mass is 281 g/mol. The van der Waals surface area contributed by atoms with Gasteiger partial charge in [-0.15, -0.1) is 0 Å². The first kappa shape index (κ1) is 15.8. The summed E-state index contributed by atoms with van der Waals surface area (Å²) in [5.74, 6) is 0.323. The highest BCUT2D eigenvalue weighted by Gasteiger charge is 2.36. The minimum Gasteiger partial charge on any atom is -0.340 e. The number of hydrogen-bond donors (Lipinski definition) is 1. The van der Waals surface area contributed by atoms with E-state index >= 15 is 0 Å². The van der Waals surface area contributed by atoms with Crippen molar-refractivity contribution in [3.63, 3.8) is 0 Å². The highest BCUT2D eigenvalue weighted by Crippen LogP contribution is 2.39. The molecule has 0 aromatic heterocycles. The molecule has 0 aromatic rings. The number of rotatable bonds is 3. The quantitative estimate of drug-likeness (QED) is 0.858. The molecule has 1 aliphatic carbocycles. The molecule has 0 radical (unpaired) electrons. The van der Waals surface area contributed by atoms with Gasteiger partial charge in [-0.1, -0.05) is 19.3 Å². The van der Waals surface area contributed by atoms with Crippen LogP contribution in [0.15, 0.2) is 0 Å². The van der Waals surface area contributed by atoms with Crippen molar-refractivity contribution in [2.45, 2.75) is 64.5 Å². The Labute approximate surface area is 123 Å². The topological polar surface area (TPSA) is 49.6 Å². The molecule has 1 amide bonds. The predicted octanol–water partition coefficient (Wildman–Crippen LogP) is 1.84. The van der Waals surface area contributed by atoms with E-state index in [2.05, 4.69) is 30.7 Å². The standard InChI is InChI=1S/C16H31N3O/c1-13-10-19(11-14(2)18(13)3)15(20)9-16(12-17)7-5-4-6-8-16/h13-14H,4-12,17H2,1-3H3. The first-order chi connectivity index (χ1) is 9.47. The summed E-state index contributed by atoms with van der Waals surface area (Å²) in [4.78, 5) is 17.1. The van der Waals surface area contributed by atoms with Crippen LogP contribution in [0.2, 0.25) is 0 Å². The summed E-state index contributed by atoms with van der Waals surface area (Å²) in [6.07, 6.45) is 6.70. The number of nitrogens with zero attached hydrogens (tertiary/aromatic N) is 2. The van der Waals surface area contributed by atoms with Gasteiger partial charge in [0.15, 0.2) is 0 Å². The van der Waals surface area contributed by atoms with E-state index in [-0.39, 0.29) is 5.41 Å². The fourth-order valence-electron chi connectivity index (χ4n) is 3.80. The maximum absolute atomic E-state index is 12.7. The number of hydrogen-bond acceptors (Lipinski definition) is 3. The van der Waals surface area contributed by atoms with Gasteiger partial charge in [0.25, 0.3) is 0 Å².